The van der Waals surface area contributed by atoms with Crippen molar-refractivity contribution in [3.8, 4) is 11.5 Å². The minimum absolute atomic E-state index is 0.0597. The van der Waals surface area contributed by atoms with Crippen molar-refractivity contribution in [3.63, 3.8) is 0 Å². The molecule has 102 valence electrons. The topological polar surface area (TPSA) is 44.8 Å². The molecule has 1 aliphatic heterocycles. The van der Waals surface area contributed by atoms with E-state index in [-0.39, 0.29) is 5.78 Å². The molecule has 4 heteroatoms. The molecule has 1 saturated carbocycles. The zero-order chi connectivity index (χ0) is 13.3. The summed E-state index contributed by atoms with van der Waals surface area (Å²) in [6, 6.07) is 5.38. The first kappa shape index (κ1) is 12.5. The average Bonchev–Trinajstić information content (AvgIpc) is 2.96. The van der Waals surface area contributed by atoms with Crippen molar-refractivity contribution < 1.29 is 19.0 Å². The molecule has 0 spiro atoms. The van der Waals surface area contributed by atoms with Crippen LogP contribution in [0.25, 0.3) is 0 Å². The molecule has 2 aliphatic rings. The highest BCUT2D eigenvalue weighted by atomic mass is 16.6. The normalized spacial score (nSPS) is 20.3. The maximum Gasteiger partial charge on any atom is 0.194 e. The van der Waals surface area contributed by atoms with E-state index >= 15 is 0 Å². The summed E-state index contributed by atoms with van der Waals surface area (Å²) in [7, 11) is 1.63. The van der Waals surface area contributed by atoms with Crippen molar-refractivity contribution in [3.05, 3.63) is 23.8 Å². The minimum Gasteiger partial charge on any atom is -0.486 e. The number of rotatable bonds is 3. The molecule has 0 aromatic heterocycles. The highest BCUT2D eigenvalue weighted by Gasteiger charge is 2.41. The van der Waals surface area contributed by atoms with E-state index in [1.54, 1.807) is 25.3 Å². The van der Waals surface area contributed by atoms with Crippen molar-refractivity contribution in [1.29, 1.82) is 0 Å². The second kappa shape index (κ2) is 4.85. The summed E-state index contributed by atoms with van der Waals surface area (Å²) >= 11 is 0. The summed E-state index contributed by atoms with van der Waals surface area (Å²) in [5.74, 6) is 1.42. The molecular weight excluding hydrogens is 244 g/mol. The Kier molecular flexibility index (Phi) is 3.19. The number of hydrogen-bond acceptors (Lipinski definition) is 4. The maximum absolute atomic E-state index is 12.7. The SMILES string of the molecule is COC1(C(=O)c2ccc3c(c2)OCCO3)CCCC1. The Morgan fingerprint density at radius 2 is 1.84 bits per heavy atom. The van der Waals surface area contributed by atoms with Gasteiger partial charge in [0.15, 0.2) is 17.3 Å². The summed E-state index contributed by atoms with van der Waals surface area (Å²) in [6.07, 6.45) is 3.70. The second-order valence-electron chi connectivity index (χ2n) is 5.09. The second-order valence-corrected chi connectivity index (χ2v) is 5.09. The molecule has 1 aliphatic carbocycles. The molecule has 1 fully saturated rings. The van der Waals surface area contributed by atoms with Gasteiger partial charge in [0, 0.05) is 12.7 Å². The summed E-state index contributed by atoms with van der Waals surface area (Å²) in [6.45, 7) is 1.09. The van der Waals surface area contributed by atoms with Crippen molar-refractivity contribution in [2.24, 2.45) is 0 Å². The van der Waals surface area contributed by atoms with Gasteiger partial charge in [-0.3, -0.25) is 4.79 Å². The first-order chi connectivity index (χ1) is 9.25. The van der Waals surface area contributed by atoms with Crippen LogP contribution in [0.15, 0.2) is 18.2 Å². The highest BCUT2D eigenvalue weighted by Crippen LogP contribution is 2.38. The van der Waals surface area contributed by atoms with Crippen molar-refractivity contribution in [1.82, 2.24) is 0 Å². The lowest BCUT2D eigenvalue weighted by Gasteiger charge is -2.26. The van der Waals surface area contributed by atoms with Gasteiger partial charge in [0.25, 0.3) is 0 Å². The summed E-state index contributed by atoms with van der Waals surface area (Å²) in [4.78, 5) is 12.7. The van der Waals surface area contributed by atoms with Gasteiger partial charge < -0.3 is 14.2 Å². The fourth-order valence-electron chi connectivity index (χ4n) is 2.92. The number of benzene rings is 1. The average molecular weight is 262 g/mol. The fourth-order valence-corrected chi connectivity index (χ4v) is 2.92. The van der Waals surface area contributed by atoms with Crippen LogP contribution in [-0.2, 0) is 4.74 Å². The molecular formula is C15H18O4. The number of carbonyl (C=O) groups excluding carboxylic acids is 1. The molecule has 19 heavy (non-hydrogen) atoms. The molecule has 0 radical (unpaired) electrons. The molecule has 1 aromatic rings. The third kappa shape index (κ3) is 2.10. The number of ether oxygens (including phenoxy) is 3. The van der Waals surface area contributed by atoms with Crippen LogP contribution in [0.1, 0.15) is 36.0 Å². The molecule has 0 atom stereocenters. The number of fused-ring (bicyclic) bond motifs is 1. The van der Waals surface area contributed by atoms with Crippen LogP contribution in [0.3, 0.4) is 0 Å². The van der Waals surface area contributed by atoms with Crippen LogP contribution in [0.4, 0.5) is 0 Å². The number of Topliss-reactive ketones (excluding diaryl/α,β-unsaturated/α-hetero) is 1. The third-order valence-corrected chi connectivity index (χ3v) is 4.02. The lowest BCUT2D eigenvalue weighted by atomic mass is 9.91. The molecule has 0 unspecified atom stereocenters. The number of methoxy groups -OCH3 is 1. The van der Waals surface area contributed by atoms with Crippen LogP contribution in [0, 0.1) is 0 Å². The van der Waals surface area contributed by atoms with Gasteiger partial charge in [-0.25, -0.2) is 0 Å². The Balaban J connectivity index is 1.91. The largest absolute Gasteiger partial charge is 0.486 e. The van der Waals surface area contributed by atoms with Gasteiger partial charge in [-0.1, -0.05) is 0 Å². The Morgan fingerprint density at radius 3 is 2.53 bits per heavy atom. The van der Waals surface area contributed by atoms with Gasteiger partial charge in [0.05, 0.1) is 0 Å². The van der Waals surface area contributed by atoms with Gasteiger partial charge >= 0.3 is 0 Å². The van der Waals surface area contributed by atoms with Crippen LogP contribution < -0.4 is 9.47 Å². The van der Waals surface area contributed by atoms with E-state index in [0.29, 0.717) is 30.3 Å². The lowest BCUT2D eigenvalue weighted by Crippen LogP contribution is -2.37. The molecule has 0 saturated heterocycles. The van der Waals surface area contributed by atoms with E-state index < -0.39 is 5.60 Å². The van der Waals surface area contributed by atoms with E-state index in [1.165, 1.54) is 0 Å². The van der Waals surface area contributed by atoms with E-state index in [2.05, 4.69) is 0 Å². The van der Waals surface area contributed by atoms with Crippen LogP contribution in [0.2, 0.25) is 0 Å². The smallest absolute Gasteiger partial charge is 0.194 e. The predicted octanol–water partition coefficient (Wildman–Crippen LogP) is 2.60. The summed E-state index contributed by atoms with van der Waals surface area (Å²) in [5, 5.41) is 0. The Bertz CT molecular complexity index is 489. The number of ketones is 1. The Hall–Kier alpha value is -1.55. The van der Waals surface area contributed by atoms with Gasteiger partial charge in [-0.2, -0.15) is 0 Å². The first-order valence-electron chi connectivity index (χ1n) is 6.75. The molecule has 1 aromatic carbocycles. The van der Waals surface area contributed by atoms with Crippen molar-refractivity contribution in [2.75, 3.05) is 20.3 Å². The lowest BCUT2D eigenvalue weighted by molar-refractivity contribution is 0.00598. The van der Waals surface area contributed by atoms with Gasteiger partial charge in [-0.05, 0) is 43.9 Å². The van der Waals surface area contributed by atoms with E-state index in [4.69, 9.17) is 14.2 Å². The predicted molar refractivity (Wildman–Crippen MR) is 70.0 cm³/mol. The third-order valence-electron chi connectivity index (χ3n) is 4.02. The molecule has 3 rings (SSSR count). The fraction of sp³-hybridized carbons (Fsp3) is 0.533. The standard InChI is InChI=1S/C15H18O4/c1-17-15(6-2-3-7-15)14(16)11-4-5-12-13(10-11)19-9-8-18-12/h4-5,10H,2-3,6-9H2,1H3. The van der Waals surface area contributed by atoms with Crippen LogP contribution in [0.5, 0.6) is 11.5 Å². The van der Waals surface area contributed by atoms with Crippen molar-refractivity contribution >= 4 is 5.78 Å². The maximum atomic E-state index is 12.7. The van der Waals surface area contributed by atoms with Gasteiger partial charge in [0.2, 0.25) is 0 Å². The number of carbonyl (C=O) groups is 1. The molecule has 4 nitrogen and oxygen atoms in total. The van der Waals surface area contributed by atoms with Gasteiger partial charge in [0.1, 0.15) is 18.8 Å². The number of hydrogen-bond donors (Lipinski definition) is 0. The molecule has 0 N–H and O–H groups in total. The van der Waals surface area contributed by atoms with E-state index in [1.807, 2.05) is 0 Å². The van der Waals surface area contributed by atoms with E-state index in [0.717, 1.165) is 25.7 Å². The molecule has 1 heterocycles. The summed E-state index contributed by atoms with van der Waals surface area (Å²) < 4.78 is 16.5. The Morgan fingerprint density at radius 1 is 1.16 bits per heavy atom. The van der Waals surface area contributed by atoms with E-state index in [9.17, 15) is 4.79 Å². The zero-order valence-corrected chi connectivity index (χ0v) is 11.1. The van der Waals surface area contributed by atoms with Gasteiger partial charge in [-0.15, -0.1) is 0 Å². The first-order valence-corrected chi connectivity index (χ1v) is 6.75. The Labute approximate surface area is 112 Å². The summed E-state index contributed by atoms with van der Waals surface area (Å²) in [5.41, 5.74) is 0.0111. The molecule has 0 amide bonds. The van der Waals surface area contributed by atoms with Crippen LogP contribution >= 0.6 is 0 Å². The quantitative estimate of drug-likeness (QED) is 0.785. The minimum atomic E-state index is -0.635. The zero-order valence-electron chi connectivity index (χ0n) is 11.1. The molecule has 0 bridgehead atoms. The monoisotopic (exact) mass is 262 g/mol. The van der Waals surface area contributed by atoms with Crippen molar-refractivity contribution in [2.45, 2.75) is 31.3 Å². The highest BCUT2D eigenvalue weighted by molar-refractivity contribution is 6.03. The van der Waals surface area contributed by atoms with Crippen LogP contribution in [-0.4, -0.2) is 31.7 Å².